The number of hydrogen-bond donors (Lipinski definition) is 1. The van der Waals surface area contributed by atoms with Gasteiger partial charge in [-0.3, -0.25) is 0 Å². The summed E-state index contributed by atoms with van der Waals surface area (Å²) in [6, 6.07) is 0. The maximum absolute atomic E-state index is 12.0. The fourth-order valence-corrected chi connectivity index (χ4v) is 3.16. The Bertz CT molecular complexity index is 392. The predicted molar refractivity (Wildman–Crippen MR) is 69.2 cm³/mol. The first-order chi connectivity index (χ1) is 8.16. The molecule has 102 valence electrons. The summed E-state index contributed by atoms with van der Waals surface area (Å²) in [7, 11) is 0. The maximum Gasteiger partial charge on any atom is 0.410 e. The fourth-order valence-electron chi connectivity index (χ4n) is 3.16. The van der Waals surface area contributed by atoms with Gasteiger partial charge in [0.25, 0.3) is 0 Å². The zero-order chi connectivity index (χ0) is 13.7. The third-order valence-corrected chi connectivity index (χ3v) is 3.99. The van der Waals surface area contributed by atoms with E-state index in [-0.39, 0.29) is 12.0 Å². The molecule has 4 nitrogen and oxygen atoms in total. The molecule has 2 fully saturated rings. The molecule has 18 heavy (non-hydrogen) atoms. The Labute approximate surface area is 109 Å². The van der Waals surface area contributed by atoms with E-state index >= 15 is 0 Å². The molecule has 1 saturated carbocycles. The van der Waals surface area contributed by atoms with Crippen LogP contribution in [0.2, 0.25) is 0 Å². The number of amides is 1. The van der Waals surface area contributed by atoms with Crippen molar-refractivity contribution in [1.82, 2.24) is 4.90 Å². The van der Waals surface area contributed by atoms with Gasteiger partial charge in [-0.25, -0.2) is 4.79 Å². The fraction of sp³-hybridized carbons (Fsp3) is 0.786. The van der Waals surface area contributed by atoms with Gasteiger partial charge in [0.05, 0.1) is 5.60 Å². The Hall–Kier alpha value is -1.03. The Morgan fingerprint density at radius 1 is 1.50 bits per heavy atom. The second-order valence-electron chi connectivity index (χ2n) is 6.49. The molecule has 0 aromatic heterocycles. The average Bonchev–Trinajstić information content (AvgIpc) is 2.58. The lowest BCUT2D eigenvalue weighted by molar-refractivity contribution is -0.0362. The molecule has 0 aromatic rings. The Balaban J connectivity index is 2.04. The summed E-state index contributed by atoms with van der Waals surface area (Å²) >= 11 is 0. The third kappa shape index (κ3) is 2.03. The van der Waals surface area contributed by atoms with Crippen LogP contribution in [0.15, 0.2) is 11.6 Å². The van der Waals surface area contributed by atoms with Gasteiger partial charge in [0, 0.05) is 24.9 Å². The lowest BCUT2D eigenvalue weighted by Crippen LogP contribution is -2.53. The highest BCUT2D eigenvalue weighted by Gasteiger charge is 2.58. The Morgan fingerprint density at radius 2 is 2.11 bits per heavy atom. The summed E-state index contributed by atoms with van der Waals surface area (Å²) in [6.07, 6.45) is 1.70. The SMILES string of the molecule is C/C=C1\C2CN(C(=O)OC(C)(C)C)CC2C1(C)O. The van der Waals surface area contributed by atoms with Crippen LogP contribution in [-0.4, -0.2) is 40.4 Å². The van der Waals surface area contributed by atoms with Crippen LogP contribution in [0.3, 0.4) is 0 Å². The van der Waals surface area contributed by atoms with Gasteiger partial charge < -0.3 is 14.7 Å². The number of ether oxygens (including phenoxy) is 1. The van der Waals surface area contributed by atoms with Crippen LogP contribution in [0.25, 0.3) is 0 Å². The summed E-state index contributed by atoms with van der Waals surface area (Å²) < 4.78 is 5.37. The highest BCUT2D eigenvalue weighted by Crippen LogP contribution is 2.52. The second kappa shape index (κ2) is 3.98. The molecule has 2 aliphatic rings. The minimum Gasteiger partial charge on any atom is -0.444 e. The molecule has 1 N–H and O–H groups in total. The van der Waals surface area contributed by atoms with Gasteiger partial charge in [0.15, 0.2) is 0 Å². The number of carbonyl (C=O) groups excluding carboxylic acids is 1. The van der Waals surface area contributed by atoms with E-state index in [1.165, 1.54) is 0 Å². The van der Waals surface area contributed by atoms with Gasteiger partial charge in [-0.05, 0) is 40.2 Å². The highest BCUT2D eigenvalue weighted by atomic mass is 16.6. The highest BCUT2D eigenvalue weighted by molar-refractivity contribution is 5.69. The van der Waals surface area contributed by atoms with Crippen molar-refractivity contribution in [3.8, 4) is 0 Å². The molecule has 1 saturated heterocycles. The molecule has 1 aliphatic carbocycles. The largest absolute Gasteiger partial charge is 0.444 e. The number of nitrogens with zero attached hydrogens (tertiary/aromatic N) is 1. The van der Waals surface area contributed by atoms with E-state index in [4.69, 9.17) is 4.74 Å². The smallest absolute Gasteiger partial charge is 0.410 e. The lowest BCUT2D eigenvalue weighted by atomic mass is 9.60. The van der Waals surface area contributed by atoms with Gasteiger partial charge in [-0.2, -0.15) is 0 Å². The van der Waals surface area contributed by atoms with Crippen molar-refractivity contribution in [2.45, 2.75) is 45.8 Å². The van der Waals surface area contributed by atoms with Gasteiger partial charge in [0.1, 0.15) is 5.60 Å². The number of aliphatic hydroxyl groups is 1. The van der Waals surface area contributed by atoms with Gasteiger partial charge >= 0.3 is 6.09 Å². The van der Waals surface area contributed by atoms with E-state index in [0.29, 0.717) is 19.0 Å². The quantitative estimate of drug-likeness (QED) is 0.673. The van der Waals surface area contributed by atoms with Crippen LogP contribution < -0.4 is 0 Å². The molecule has 1 aliphatic heterocycles. The molecule has 3 unspecified atom stereocenters. The van der Waals surface area contributed by atoms with E-state index in [2.05, 4.69) is 0 Å². The van der Waals surface area contributed by atoms with Crippen LogP contribution in [0, 0.1) is 11.8 Å². The van der Waals surface area contributed by atoms with Crippen molar-refractivity contribution in [2.75, 3.05) is 13.1 Å². The molecule has 1 heterocycles. The molecule has 4 heteroatoms. The Kier molecular flexibility index (Phi) is 2.97. The molecular formula is C14H23NO3. The van der Waals surface area contributed by atoms with Crippen molar-refractivity contribution in [3.63, 3.8) is 0 Å². The first kappa shape index (κ1) is 13.4. The van der Waals surface area contributed by atoms with Gasteiger partial charge in [-0.1, -0.05) is 6.08 Å². The average molecular weight is 253 g/mol. The maximum atomic E-state index is 12.0. The number of allylic oxidation sites excluding steroid dienone is 1. The van der Waals surface area contributed by atoms with E-state index in [1.807, 2.05) is 40.7 Å². The molecule has 0 radical (unpaired) electrons. The summed E-state index contributed by atoms with van der Waals surface area (Å²) in [4.78, 5) is 13.7. The lowest BCUT2D eigenvalue weighted by Gasteiger charge is -2.48. The Morgan fingerprint density at radius 3 is 2.61 bits per heavy atom. The number of rotatable bonds is 0. The molecule has 3 atom stereocenters. The number of carbonyl (C=O) groups is 1. The normalized spacial score (nSPS) is 37.4. The van der Waals surface area contributed by atoms with Crippen LogP contribution >= 0.6 is 0 Å². The standard InChI is InChI=1S/C14H23NO3/c1-6-10-9-7-15(8-11(9)14(10,5)17)12(16)18-13(2,3)4/h6,9,11,17H,7-8H2,1-5H3/b10-6+. The first-order valence-electron chi connectivity index (χ1n) is 6.54. The van der Waals surface area contributed by atoms with Crippen molar-refractivity contribution >= 4 is 6.09 Å². The molecule has 0 spiro atoms. The third-order valence-electron chi connectivity index (χ3n) is 3.99. The number of hydrogen-bond acceptors (Lipinski definition) is 3. The van der Waals surface area contributed by atoms with Crippen LogP contribution in [0.5, 0.6) is 0 Å². The molecule has 0 aromatic carbocycles. The van der Waals surface area contributed by atoms with Crippen LogP contribution in [0.1, 0.15) is 34.6 Å². The summed E-state index contributed by atoms with van der Waals surface area (Å²) in [5.41, 5.74) is -0.167. The molecule has 1 amide bonds. The predicted octanol–water partition coefficient (Wildman–Crippen LogP) is 2.18. The molecule has 0 bridgehead atoms. The van der Waals surface area contributed by atoms with E-state index in [0.717, 1.165) is 5.57 Å². The van der Waals surface area contributed by atoms with E-state index in [1.54, 1.807) is 4.90 Å². The van der Waals surface area contributed by atoms with Gasteiger partial charge in [0.2, 0.25) is 0 Å². The van der Waals surface area contributed by atoms with Crippen LogP contribution in [-0.2, 0) is 4.74 Å². The second-order valence-corrected chi connectivity index (χ2v) is 6.49. The van der Waals surface area contributed by atoms with Crippen molar-refractivity contribution in [2.24, 2.45) is 11.8 Å². The van der Waals surface area contributed by atoms with E-state index in [9.17, 15) is 9.90 Å². The zero-order valence-electron chi connectivity index (χ0n) is 11.9. The van der Waals surface area contributed by atoms with Crippen molar-refractivity contribution in [1.29, 1.82) is 0 Å². The number of fused-ring (bicyclic) bond motifs is 1. The number of likely N-dealkylation sites (tertiary alicyclic amines) is 1. The summed E-state index contributed by atoms with van der Waals surface area (Å²) in [5.74, 6) is 0.453. The van der Waals surface area contributed by atoms with Gasteiger partial charge in [-0.15, -0.1) is 0 Å². The summed E-state index contributed by atoms with van der Waals surface area (Å²) in [5, 5.41) is 10.3. The minimum absolute atomic E-state index is 0.149. The first-order valence-corrected chi connectivity index (χ1v) is 6.54. The topological polar surface area (TPSA) is 49.8 Å². The van der Waals surface area contributed by atoms with Crippen molar-refractivity contribution < 1.29 is 14.6 Å². The van der Waals surface area contributed by atoms with Crippen molar-refractivity contribution in [3.05, 3.63) is 11.6 Å². The van der Waals surface area contributed by atoms with E-state index < -0.39 is 11.2 Å². The molecule has 2 rings (SSSR count). The molecular weight excluding hydrogens is 230 g/mol. The summed E-state index contributed by atoms with van der Waals surface area (Å²) in [6.45, 7) is 10.6. The monoisotopic (exact) mass is 253 g/mol. The van der Waals surface area contributed by atoms with Crippen LogP contribution in [0.4, 0.5) is 4.79 Å². The zero-order valence-corrected chi connectivity index (χ0v) is 11.9. The minimum atomic E-state index is -0.754.